The fourth-order valence-electron chi connectivity index (χ4n) is 0.800. The first-order valence-electron chi connectivity index (χ1n) is 3.85. The topological polar surface area (TPSA) is 26.3 Å². The average molecular weight is 221 g/mol. The van der Waals surface area contributed by atoms with E-state index in [0.29, 0.717) is 0 Å². The van der Waals surface area contributed by atoms with Crippen molar-refractivity contribution in [1.82, 2.24) is 0 Å². The van der Waals surface area contributed by atoms with Crippen molar-refractivity contribution in [3.63, 3.8) is 0 Å². The molecular weight excluding hydrogens is 214 g/mol. The van der Waals surface area contributed by atoms with Gasteiger partial charge in [-0.1, -0.05) is 0 Å². The second-order valence-corrected chi connectivity index (χ2v) is 2.87. The Bertz CT molecular complexity index is 342. The minimum atomic E-state index is -1.05. The van der Waals surface area contributed by atoms with Crippen LogP contribution in [0.25, 0.3) is 0 Å². The van der Waals surface area contributed by atoms with Crippen molar-refractivity contribution < 1.29 is 18.3 Å². The molecule has 0 heterocycles. The van der Waals surface area contributed by atoms with Gasteiger partial charge in [-0.2, -0.15) is 0 Å². The lowest BCUT2D eigenvalue weighted by Crippen LogP contribution is -2.08. The normalized spacial score (nSPS) is 9.93. The SMILES string of the molecule is O=C(CCCl)Oc1ccc(F)c(F)c1. The molecule has 0 aromatic heterocycles. The minimum absolute atomic E-state index is 0.0283. The maximum Gasteiger partial charge on any atom is 0.312 e. The molecule has 0 aliphatic rings. The first-order valence-corrected chi connectivity index (χ1v) is 4.38. The van der Waals surface area contributed by atoms with E-state index in [9.17, 15) is 13.6 Å². The highest BCUT2D eigenvalue weighted by Gasteiger charge is 2.07. The second-order valence-electron chi connectivity index (χ2n) is 2.49. The van der Waals surface area contributed by atoms with Crippen LogP contribution in [-0.2, 0) is 4.79 Å². The summed E-state index contributed by atoms with van der Waals surface area (Å²) in [5, 5.41) is 0. The van der Waals surface area contributed by atoms with E-state index in [0.717, 1.165) is 12.1 Å². The summed E-state index contributed by atoms with van der Waals surface area (Å²) in [5.74, 6) is -2.52. The number of hydrogen-bond donors (Lipinski definition) is 0. The zero-order valence-electron chi connectivity index (χ0n) is 7.10. The van der Waals surface area contributed by atoms with Gasteiger partial charge < -0.3 is 4.74 Å². The quantitative estimate of drug-likeness (QED) is 0.445. The third-order valence-corrected chi connectivity index (χ3v) is 1.61. The summed E-state index contributed by atoms with van der Waals surface area (Å²) >= 11 is 5.28. The second kappa shape index (κ2) is 4.91. The molecule has 0 spiro atoms. The molecule has 1 rings (SSSR count). The third-order valence-electron chi connectivity index (χ3n) is 1.42. The molecule has 0 radical (unpaired) electrons. The van der Waals surface area contributed by atoms with Gasteiger partial charge in [0.05, 0.1) is 6.42 Å². The molecule has 1 aromatic carbocycles. The highest BCUT2D eigenvalue weighted by molar-refractivity contribution is 6.18. The number of alkyl halides is 1. The molecule has 5 heteroatoms. The van der Waals surface area contributed by atoms with Crippen molar-refractivity contribution in [3.05, 3.63) is 29.8 Å². The van der Waals surface area contributed by atoms with Crippen molar-refractivity contribution in [1.29, 1.82) is 0 Å². The van der Waals surface area contributed by atoms with E-state index in [1.165, 1.54) is 6.07 Å². The molecular formula is C9H7ClF2O2. The van der Waals surface area contributed by atoms with Gasteiger partial charge in [0.1, 0.15) is 5.75 Å². The van der Waals surface area contributed by atoms with Crippen LogP contribution in [0.4, 0.5) is 8.78 Å². The largest absolute Gasteiger partial charge is 0.426 e. The minimum Gasteiger partial charge on any atom is -0.426 e. The lowest BCUT2D eigenvalue weighted by molar-refractivity contribution is -0.133. The van der Waals surface area contributed by atoms with Crippen LogP contribution in [0.5, 0.6) is 5.75 Å². The molecule has 0 fully saturated rings. The van der Waals surface area contributed by atoms with Crippen molar-refractivity contribution in [3.8, 4) is 5.75 Å². The van der Waals surface area contributed by atoms with Crippen molar-refractivity contribution in [2.24, 2.45) is 0 Å². The van der Waals surface area contributed by atoms with E-state index in [4.69, 9.17) is 11.6 Å². The Labute approximate surface area is 84.4 Å². The van der Waals surface area contributed by atoms with E-state index in [1.54, 1.807) is 0 Å². The Morgan fingerprint density at radius 2 is 2.07 bits per heavy atom. The van der Waals surface area contributed by atoms with E-state index in [-0.39, 0.29) is 18.1 Å². The first-order chi connectivity index (χ1) is 6.63. The number of halogens is 3. The molecule has 0 aliphatic heterocycles. The maximum atomic E-state index is 12.6. The number of carbonyl (C=O) groups excluding carboxylic acids is 1. The molecule has 0 saturated heterocycles. The van der Waals surface area contributed by atoms with E-state index < -0.39 is 17.6 Å². The summed E-state index contributed by atoms with van der Waals surface area (Å²) in [4.78, 5) is 10.9. The van der Waals surface area contributed by atoms with Crippen molar-refractivity contribution >= 4 is 17.6 Å². The van der Waals surface area contributed by atoms with Crippen LogP contribution in [0.15, 0.2) is 18.2 Å². The summed E-state index contributed by atoms with van der Waals surface area (Å²) in [5.41, 5.74) is 0. The van der Waals surface area contributed by atoms with Crippen LogP contribution in [-0.4, -0.2) is 11.8 Å². The van der Waals surface area contributed by atoms with Crippen molar-refractivity contribution in [2.75, 3.05) is 5.88 Å². The maximum absolute atomic E-state index is 12.6. The smallest absolute Gasteiger partial charge is 0.312 e. The summed E-state index contributed by atoms with van der Waals surface area (Å²) in [7, 11) is 0. The fraction of sp³-hybridized carbons (Fsp3) is 0.222. The standard InChI is InChI=1S/C9H7ClF2O2/c10-4-3-9(13)14-6-1-2-7(11)8(12)5-6/h1-2,5H,3-4H2. The Morgan fingerprint density at radius 3 is 2.64 bits per heavy atom. The highest BCUT2D eigenvalue weighted by Crippen LogP contribution is 2.15. The molecule has 0 N–H and O–H groups in total. The monoisotopic (exact) mass is 220 g/mol. The van der Waals surface area contributed by atoms with Crippen LogP contribution in [0.2, 0.25) is 0 Å². The van der Waals surface area contributed by atoms with Gasteiger partial charge in [-0.3, -0.25) is 4.79 Å². The predicted molar refractivity (Wildman–Crippen MR) is 47.3 cm³/mol. The fourth-order valence-corrected chi connectivity index (χ4v) is 0.954. The number of carbonyl (C=O) groups is 1. The molecule has 0 atom stereocenters. The molecule has 0 amide bonds. The zero-order chi connectivity index (χ0) is 10.6. The zero-order valence-corrected chi connectivity index (χ0v) is 7.85. The summed E-state index contributed by atoms with van der Waals surface area (Å²) in [6.07, 6.45) is 0.0283. The molecule has 0 bridgehead atoms. The van der Waals surface area contributed by atoms with Gasteiger partial charge in [-0.15, -0.1) is 11.6 Å². The lowest BCUT2D eigenvalue weighted by Gasteiger charge is -2.02. The first kappa shape index (κ1) is 10.9. The van der Waals surface area contributed by atoms with Crippen LogP contribution in [0, 0.1) is 11.6 Å². The predicted octanol–water partition coefficient (Wildman–Crippen LogP) is 2.50. The molecule has 14 heavy (non-hydrogen) atoms. The summed E-state index contributed by atoms with van der Waals surface area (Å²) in [6.45, 7) is 0. The molecule has 2 nitrogen and oxygen atoms in total. The van der Waals surface area contributed by atoms with E-state index in [2.05, 4.69) is 4.74 Å². The number of rotatable bonds is 3. The Kier molecular flexibility index (Phi) is 3.83. The number of esters is 1. The lowest BCUT2D eigenvalue weighted by atomic mass is 10.3. The van der Waals surface area contributed by atoms with Gasteiger partial charge in [0.25, 0.3) is 0 Å². The highest BCUT2D eigenvalue weighted by atomic mass is 35.5. The van der Waals surface area contributed by atoms with Crippen LogP contribution < -0.4 is 4.74 Å². The summed E-state index contributed by atoms with van der Waals surface area (Å²) < 4.78 is 29.7. The number of benzene rings is 1. The Balaban J connectivity index is 2.68. The van der Waals surface area contributed by atoms with Gasteiger partial charge in [0, 0.05) is 11.9 Å². The van der Waals surface area contributed by atoms with Crippen molar-refractivity contribution in [2.45, 2.75) is 6.42 Å². The molecule has 1 aromatic rings. The Morgan fingerprint density at radius 1 is 1.36 bits per heavy atom. The van der Waals surface area contributed by atoms with Gasteiger partial charge >= 0.3 is 5.97 Å². The van der Waals surface area contributed by atoms with Gasteiger partial charge in [-0.05, 0) is 12.1 Å². The van der Waals surface area contributed by atoms with Gasteiger partial charge in [0.15, 0.2) is 11.6 Å². The number of ether oxygens (including phenoxy) is 1. The van der Waals surface area contributed by atoms with E-state index >= 15 is 0 Å². The molecule has 0 aliphatic carbocycles. The molecule has 0 saturated carbocycles. The van der Waals surface area contributed by atoms with Crippen LogP contribution >= 0.6 is 11.6 Å². The van der Waals surface area contributed by atoms with Gasteiger partial charge in [0.2, 0.25) is 0 Å². The van der Waals surface area contributed by atoms with Crippen LogP contribution in [0.3, 0.4) is 0 Å². The summed E-state index contributed by atoms with van der Waals surface area (Å²) in [6, 6.07) is 2.87. The molecule has 0 unspecified atom stereocenters. The Hall–Kier alpha value is -1.16. The molecule has 76 valence electrons. The van der Waals surface area contributed by atoms with E-state index in [1.807, 2.05) is 0 Å². The average Bonchev–Trinajstić information content (AvgIpc) is 2.12. The van der Waals surface area contributed by atoms with Crippen LogP contribution in [0.1, 0.15) is 6.42 Å². The third kappa shape index (κ3) is 2.96. The number of hydrogen-bond acceptors (Lipinski definition) is 2. The van der Waals surface area contributed by atoms with Gasteiger partial charge in [-0.25, -0.2) is 8.78 Å².